The van der Waals surface area contributed by atoms with Crippen molar-refractivity contribution in [2.45, 2.75) is 26.2 Å². The lowest BCUT2D eigenvalue weighted by atomic mass is 10.0. The molecule has 0 atom stereocenters. The summed E-state index contributed by atoms with van der Waals surface area (Å²) in [6, 6.07) is 14.5. The van der Waals surface area contributed by atoms with Gasteiger partial charge in [-0.25, -0.2) is 4.98 Å². The summed E-state index contributed by atoms with van der Waals surface area (Å²) in [5.41, 5.74) is 4.21. The minimum Gasteiger partial charge on any atom is -0.494 e. The van der Waals surface area contributed by atoms with E-state index in [1.54, 1.807) is 0 Å². The van der Waals surface area contributed by atoms with E-state index in [1.165, 1.54) is 19.3 Å². The van der Waals surface area contributed by atoms with Crippen LogP contribution in [0.25, 0.3) is 22.2 Å². The van der Waals surface area contributed by atoms with Crippen LogP contribution in [0, 0.1) is 0 Å². The first kappa shape index (κ1) is 15.9. The molecule has 1 aromatic heterocycles. The van der Waals surface area contributed by atoms with Crippen molar-refractivity contribution in [3.05, 3.63) is 48.7 Å². The monoisotopic (exact) mass is 333 g/mol. The lowest BCUT2D eigenvalue weighted by Gasteiger charge is -2.27. The van der Waals surface area contributed by atoms with Crippen molar-refractivity contribution in [1.82, 2.24) is 9.97 Å². The number of anilines is 1. The molecule has 4 rings (SSSR count). The second-order valence-electron chi connectivity index (χ2n) is 6.44. The lowest BCUT2D eigenvalue weighted by Crippen LogP contribution is -2.30. The van der Waals surface area contributed by atoms with Crippen molar-refractivity contribution < 1.29 is 4.74 Å². The van der Waals surface area contributed by atoms with E-state index in [4.69, 9.17) is 9.72 Å². The number of aromatic nitrogens is 2. The van der Waals surface area contributed by atoms with Crippen LogP contribution in [0.15, 0.2) is 48.7 Å². The van der Waals surface area contributed by atoms with E-state index in [2.05, 4.69) is 34.1 Å². The van der Waals surface area contributed by atoms with E-state index in [9.17, 15) is 0 Å². The molecule has 0 spiro atoms. The fourth-order valence-corrected chi connectivity index (χ4v) is 3.37. The summed E-state index contributed by atoms with van der Waals surface area (Å²) < 4.78 is 5.52. The molecule has 0 saturated carbocycles. The number of piperidine rings is 1. The highest BCUT2D eigenvalue weighted by Gasteiger charge is 2.13. The smallest absolute Gasteiger partial charge is 0.147 e. The highest BCUT2D eigenvalue weighted by Crippen LogP contribution is 2.26. The van der Waals surface area contributed by atoms with Crippen molar-refractivity contribution in [1.29, 1.82) is 0 Å². The summed E-state index contributed by atoms with van der Waals surface area (Å²) in [5, 5.41) is 0. The maximum absolute atomic E-state index is 5.52. The van der Waals surface area contributed by atoms with Crippen LogP contribution in [0.3, 0.4) is 0 Å². The summed E-state index contributed by atoms with van der Waals surface area (Å²) in [5.74, 6) is 1.90. The first-order valence-corrected chi connectivity index (χ1v) is 9.08. The molecule has 128 valence electrons. The highest BCUT2D eigenvalue weighted by molar-refractivity contribution is 5.82. The van der Waals surface area contributed by atoms with Crippen LogP contribution in [0.1, 0.15) is 26.2 Å². The van der Waals surface area contributed by atoms with E-state index in [0.29, 0.717) is 6.61 Å². The van der Waals surface area contributed by atoms with Gasteiger partial charge in [0.2, 0.25) is 0 Å². The van der Waals surface area contributed by atoms with Crippen molar-refractivity contribution in [3.63, 3.8) is 0 Å². The molecule has 1 aliphatic rings. The van der Waals surface area contributed by atoms with Crippen LogP contribution < -0.4 is 9.64 Å². The van der Waals surface area contributed by atoms with Crippen molar-refractivity contribution in [3.8, 4) is 16.9 Å². The molecular formula is C21H23N3O. The first-order valence-electron chi connectivity index (χ1n) is 9.08. The fourth-order valence-electron chi connectivity index (χ4n) is 3.37. The molecule has 1 saturated heterocycles. The molecule has 25 heavy (non-hydrogen) atoms. The zero-order chi connectivity index (χ0) is 17.1. The quantitative estimate of drug-likeness (QED) is 0.694. The topological polar surface area (TPSA) is 38.2 Å². The van der Waals surface area contributed by atoms with Crippen LogP contribution in [0.4, 0.5) is 5.82 Å². The molecular weight excluding hydrogens is 310 g/mol. The normalized spacial score (nSPS) is 14.7. The van der Waals surface area contributed by atoms with Gasteiger partial charge in [0.1, 0.15) is 11.6 Å². The van der Waals surface area contributed by atoms with Crippen molar-refractivity contribution in [2.24, 2.45) is 0 Å². The van der Waals surface area contributed by atoms with Gasteiger partial charge in [-0.15, -0.1) is 0 Å². The third-order valence-electron chi connectivity index (χ3n) is 4.71. The highest BCUT2D eigenvalue weighted by atomic mass is 16.5. The molecule has 0 N–H and O–H groups in total. The Morgan fingerprint density at radius 3 is 2.44 bits per heavy atom. The van der Waals surface area contributed by atoms with Gasteiger partial charge in [0, 0.05) is 13.1 Å². The second kappa shape index (κ2) is 7.09. The molecule has 0 radical (unpaired) electrons. The minimum absolute atomic E-state index is 0.685. The summed E-state index contributed by atoms with van der Waals surface area (Å²) in [7, 11) is 0. The zero-order valence-corrected chi connectivity index (χ0v) is 14.6. The number of rotatable bonds is 4. The van der Waals surface area contributed by atoms with Crippen LogP contribution in [-0.2, 0) is 0 Å². The van der Waals surface area contributed by atoms with Gasteiger partial charge in [-0.1, -0.05) is 18.2 Å². The molecule has 2 heterocycles. The van der Waals surface area contributed by atoms with E-state index >= 15 is 0 Å². The van der Waals surface area contributed by atoms with Crippen LogP contribution in [0.5, 0.6) is 5.75 Å². The SMILES string of the molecule is CCOc1ccc(-c2ccc3ncc(N4CCCCC4)nc3c2)cc1. The number of nitrogens with zero attached hydrogens (tertiary/aromatic N) is 3. The van der Waals surface area contributed by atoms with Crippen LogP contribution in [-0.4, -0.2) is 29.7 Å². The number of hydrogen-bond donors (Lipinski definition) is 0. The molecule has 3 aromatic rings. The molecule has 1 fully saturated rings. The number of hydrogen-bond acceptors (Lipinski definition) is 4. The Morgan fingerprint density at radius 1 is 0.920 bits per heavy atom. The molecule has 0 bridgehead atoms. The van der Waals surface area contributed by atoms with Gasteiger partial charge in [-0.2, -0.15) is 0 Å². The largest absolute Gasteiger partial charge is 0.494 e. The summed E-state index contributed by atoms with van der Waals surface area (Å²) in [6.45, 7) is 4.84. The predicted molar refractivity (Wildman–Crippen MR) is 102 cm³/mol. The zero-order valence-electron chi connectivity index (χ0n) is 14.6. The third-order valence-corrected chi connectivity index (χ3v) is 4.71. The molecule has 0 amide bonds. The van der Waals surface area contributed by atoms with E-state index in [0.717, 1.165) is 46.8 Å². The summed E-state index contributed by atoms with van der Waals surface area (Å²) in [6.07, 6.45) is 5.71. The molecule has 0 unspecified atom stereocenters. The Kier molecular flexibility index (Phi) is 4.51. The van der Waals surface area contributed by atoms with E-state index < -0.39 is 0 Å². The summed E-state index contributed by atoms with van der Waals surface area (Å²) >= 11 is 0. The first-order chi connectivity index (χ1) is 12.3. The Bertz CT molecular complexity index is 855. The van der Waals surface area contributed by atoms with E-state index in [1.807, 2.05) is 31.3 Å². The third kappa shape index (κ3) is 3.43. The lowest BCUT2D eigenvalue weighted by molar-refractivity contribution is 0.340. The Morgan fingerprint density at radius 2 is 1.68 bits per heavy atom. The maximum Gasteiger partial charge on any atom is 0.147 e. The Hall–Kier alpha value is -2.62. The Labute approximate surface area is 148 Å². The summed E-state index contributed by atoms with van der Waals surface area (Å²) in [4.78, 5) is 11.8. The molecule has 4 nitrogen and oxygen atoms in total. The number of fused-ring (bicyclic) bond motifs is 1. The van der Waals surface area contributed by atoms with Gasteiger partial charge in [-0.05, 0) is 61.6 Å². The molecule has 1 aliphatic heterocycles. The van der Waals surface area contributed by atoms with Gasteiger partial charge >= 0.3 is 0 Å². The average molecular weight is 333 g/mol. The van der Waals surface area contributed by atoms with Crippen LogP contribution >= 0.6 is 0 Å². The number of benzene rings is 2. The predicted octanol–water partition coefficient (Wildman–Crippen LogP) is 4.69. The van der Waals surface area contributed by atoms with Gasteiger partial charge in [-0.3, -0.25) is 4.98 Å². The average Bonchev–Trinajstić information content (AvgIpc) is 2.69. The molecule has 4 heteroatoms. The maximum atomic E-state index is 5.52. The standard InChI is InChI=1S/C21H23N3O/c1-2-25-18-9-6-16(7-10-18)17-8-11-19-20(14-17)23-21(15-22-19)24-12-4-3-5-13-24/h6-11,14-15H,2-5,12-13H2,1H3. The van der Waals surface area contributed by atoms with Crippen molar-refractivity contribution in [2.75, 3.05) is 24.6 Å². The van der Waals surface area contributed by atoms with Gasteiger partial charge < -0.3 is 9.64 Å². The van der Waals surface area contributed by atoms with E-state index in [-0.39, 0.29) is 0 Å². The Balaban J connectivity index is 1.65. The van der Waals surface area contributed by atoms with Gasteiger partial charge in [0.15, 0.2) is 0 Å². The van der Waals surface area contributed by atoms with Crippen LogP contribution in [0.2, 0.25) is 0 Å². The molecule has 0 aliphatic carbocycles. The fraction of sp³-hybridized carbons (Fsp3) is 0.333. The van der Waals surface area contributed by atoms with Gasteiger partial charge in [0.25, 0.3) is 0 Å². The van der Waals surface area contributed by atoms with Crippen molar-refractivity contribution >= 4 is 16.9 Å². The molecule has 2 aromatic carbocycles. The number of ether oxygens (including phenoxy) is 1. The second-order valence-corrected chi connectivity index (χ2v) is 6.44. The minimum atomic E-state index is 0.685. The van der Waals surface area contributed by atoms with Gasteiger partial charge in [0.05, 0.1) is 23.8 Å².